The van der Waals surface area contributed by atoms with Crippen LogP contribution in [0.4, 0.5) is 17.5 Å². The summed E-state index contributed by atoms with van der Waals surface area (Å²) in [5.74, 6) is 2.16. The number of ether oxygens (including phenoxy) is 1. The number of benzene rings is 1. The van der Waals surface area contributed by atoms with Crippen LogP contribution in [0.25, 0.3) is 10.2 Å². The Hall–Kier alpha value is -2.60. The van der Waals surface area contributed by atoms with Crippen LogP contribution >= 0.6 is 11.3 Å². The molecule has 2 heterocycles. The van der Waals surface area contributed by atoms with Gasteiger partial charge in [-0.2, -0.15) is 4.98 Å². The average Bonchev–Trinajstić information content (AvgIpc) is 3.02. The molecule has 5 nitrogen and oxygen atoms in total. The zero-order chi connectivity index (χ0) is 15.4. The molecule has 1 aromatic carbocycles. The van der Waals surface area contributed by atoms with Gasteiger partial charge in [0.05, 0.1) is 17.3 Å². The van der Waals surface area contributed by atoms with Gasteiger partial charge in [-0.05, 0) is 23.6 Å². The summed E-state index contributed by atoms with van der Waals surface area (Å²) in [5.41, 5.74) is 1.83. The average molecular weight is 312 g/mol. The lowest BCUT2D eigenvalue weighted by Gasteiger charge is -2.10. The van der Waals surface area contributed by atoms with Gasteiger partial charge in [0.15, 0.2) is 5.82 Å². The first-order valence-corrected chi connectivity index (χ1v) is 7.69. The van der Waals surface area contributed by atoms with Crippen LogP contribution in [-0.4, -0.2) is 23.6 Å². The number of nitrogens with zero attached hydrogens (tertiary/aromatic N) is 2. The smallest absolute Gasteiger partial charge is 0.225 e. The second kappa shape index (κ2) is 6.44. The van der Waals surface area contributed by atoms with E-state index in [4.69, 9.17) is 4.74 Å². The number of hydrogen-bond donors (Lipinski definition) is 2. The first-order valence-electron chi connectivity index (χ1n) is 6.81. The second-order valence-corrected chi connectivity index (χ2v) is 5.47. The normalized spacial score (nSPS) is 10.4. The van der Waals surface area contributed by atoms with E-state index in [1.165, 1.54) is 0 Å². The number of hydrogen-bond acceptors (Lipinski definition) is 6. The lowest BCUT2D eigenvalue weighted by molar-refractivity contribution is 0.415. The van der Waals surface area contributed by atoms with E-state index in [0.29, 0.717) is 12.5 Å². The van der Waals surface area contributed by atoms with Crippen LogP contribution in [0.5, 0.6) is 5.75 Å². The predicted molar refractivity (Wildman–Crippen MR) is 92.4 cm³/mol. The zero-order valence-corrected chi connectivity index (χ0v) is 13.0. The first-order chi connectivity index (χ1) is 10.8. The van der Waals surface area contributed by atoms with Gasteiger partial charge in [0, 0.05) is 18.3 Å². The fourth-order valence-corrected chi connectivity index (χ4v) is 2.80. The van der Waals surface area contributed by atoms with E-state index in [1.807, 2.05) is 35.7 Å². The van der Waals surface area contributed by atoms with Crippen LogP contribution in [0.2, 0.25) is 0 Å². The summed E-state index contributed by atoms with van der Waals surface area (Å²) >= 11 is 1.61. The minimum Gasteiger partial charge on any atom is -0.497 e. The molecule has 2 N–H and O–H groups in total. The van der Waals surface area contributed by atoms with E-state index in [2.05, 4.69) is 27.2 Å². The number of thiophene rings is 1. The van der Waals surface area contributed by atoms with Gasteiger partial charge in [0.1, 0.15) is 5.75 Å². The maximum absolute atomic E-state index is 5.25. The molecule has 0 radical (unpaired) electrons. The van der Waals surface area contributed by atoms with Crippen molar-refractivity contribution in [1.29, 1.82) is 0 Å². The van der Waals surface area contributed by atoms with Crippen molar-refractivity contribution in [2.75, 3.05) is 24.3 Å². The van der Waals surface area contributed by atoms with E-state index < -0.39 is 0 Å². The molecule has 0 fully saturated rings. The summed E-state index contributed by atoms with van der Waals surface area (Å²) < 4.78 is 6.27. The Bertz CT molecular complexity index is 800. The van der Waals surface area contributed by atoms with Crippen molar-refractivity contribution >= 4 is 39.0 Å². The van der Waals surface area contributed by atoms with Crippen LogP contribution in [0.1, 0.15) is 0 Å². The molecule has 0 bridgehead atoms. The lowest BCUT2D eigenvalue weighted by atomic mass is 10.3. The largest absolute Gasteiger partial charge is 0.497 e. The van der Waals surface area contributed by atoms with Crippen molar-refractivity contribution in [3.63, 3.8) is 0 Å². The number of anilines is 3. The minimum atomic E-state index is 0.580. The van der Waals surface area contributed by atoms with Gasteiger partial charge in [-0.1, -0.05) is 12.1 Å². The quantitative estimate of drug-likeness (QED) is 0.673. The molecule has 0 saturated heterocycles. The number of fused-ring (bicyclic) bond motifs is 1. The Balaban J connectivity index is 1.97. The van der Waals surface area contributed by atoms with Crippen molar-refractivity contribution < 1.29 is 4.74 Å². The summed E-state index contributed by atoms with van der Waals surface area (Å²) in [6.07, 6.45) is 1.77. The third kappa shape index (κ3) is 3.01. The Kier molecular flexibility index (Phi) is 4.20. The molecule has 0 aliphatic carbocycles. The maximum Gasteiger partial charge on any atom is 0.225 e. The summed E-state index contributed by atoms with van der Waals surface area (Å²) in [6.45, 7) is 4.31. The third-order valence-electron chi connectivity index (χ3n) is 3.04. The molecule has 0 amide bonds. The number of methoxy groups -OCH3 is 1. The van der Waals surface area contributed by atoms with Crippen molar-refractivity contribution in [3.05, 3.63) is 48.4 Å². The molecule has 0 unspecified atom stereocenters. The Morgan fingerprint density at radius 2 is 2.23 bits per heavy atom. The number of nitrogens with one attached hydrogen (secondary N) is 2. The molecule has 3 aromatic rings. The van der Waals surface area contributed by atoms with E-state index in [-0.39, 0.29) is 0 Å². The van der Waals surface area contributed by atoms with Gasteiger partial charge < -0.3 is 15.4 Å². The molecular formula is C16H16N4OS. The molecule has 3 rings (SSSR count). The maximum atomic E-state index is 5.25. The Labute approximate surface area is 132 Å². The molecule has 2 aromatic heterocycles. The fourth-order valence-electron chi connectivity index (χ4n) is 2.03. The van der Waals surface area contributed by atoms with E-state index in [9.17, 15) is 0 Å². The monoisotopic (exact) mass is 312 g/mol. The van der Waals surface area contributed by atoms with Crippen LogP contribution in [0.3, 0.4) is 0 Å². The highest BCUT2D eigenvalue weighted by Gasteiger charge is 2.09. The molecule has 0 aliphatic heterocycles. The predicted octanol–water partition coefficient (Wildman–Crippen LogP) is 4.04. The van der Waals surface area contributed by atoms with Gasteiger partial charge in [-0.3, -0.25) is 0 Å². The molecule has 0 atom stereocenters. The molecule has 0 spiro atoms. The van der Waals surface area contributed by atoms with E-state index >= 15 is 0 Å². The molecule has 0 aliphatic rings. The topological polar surface area (TPSA) is 59.1 Å². The first kappa shape index (κ1) is 14.3. The molecule has 6 heteroatoms. The third-order valence-corrected chi connectivity index (χ3v) is 3.95. The summed E-state index contributed by atoms with van der Waals surface area (Å²) in [6, 6.07) is 9.73. The SMILES string of the molecule is C=CCNc1nc(Nc2cccc(OC)c2)c2sccc2n1. The van der Waals surface area contributed by atoms with Gasteiger partial charge in [-0.25, -0.2) is 4.98 Å². The molecule has 112 valence electrons. The fraction of sp³-hybridized carbons (Fsp3) is 0.125. The zero-order valence-electron chi connectivity index (χ0n) is 12.2. The van der Waals surface area contributed by atoms with Gasteiger partial charge in [-0.15, -0.1) is 17.9 Å². The molecule has 22 heavy (non-hydrogen) atoms. The number of aromatic nitrogens is 2. The Morgan fingerprint density at radius 1 is 1.32 bits per heavy atom. The van der Waals surface area contributed by atoms with Crippen molar-refractivity contribution in [1.82, 2.24) is 9.97 Å². The lowest BCUT2D eigenvalue weighted by Crippen LogP contribution is -2.05. The molecule has 0 saturated carbocycles. The highest BCUT2D eigenvalue weighted by molar-refractivity contribution is 7.17. The van der Waals surface area contributed by atoms with Crippen LogP contribution in [-0.2, 0) is 0 Å². The van der Waals surface area contributed by atoms with Gasteiger partial charge >= 0.3 is 0 Å². The highest BCUT2D eigenvalue weighted by atomic mass is 32.1. The van der Waals surface area contributed by atoms with Crippen molar-refractivity contribution in [3.8, 4) is 5.75 Å². The standard InChI is InChI=1S/C16H16N4OS/c1-3-8-17-16-19-13-7-9-22-14(13)15(20-16)18-11-5-4-6-12(10-11)21-2/h3-7,9-10H,1,8H2,2H3,(H2,17,18,19,20). The van der Waals surface area contributed by atoms with Crippen molar-refractivity contribution in [2.24, 2.45) is 0 Å². The van der Waals surface area contributed by atoms with E-state index in [0.717, 1.165) is 27.5 Å². The van der Waals surface area contributed by atoms with E-state index in [1.54, 1.807) is 24.5 Å². The van der Waals surface area contributed by atoms with Crippen LogP contribution in [0, 0.1) is 0 Å². The minimum absolute atomic E-state index is 0.580. The summed E-state index contributed by atoms with van der Waals surface area (Å²) in [5, 5.41) is 8.47. The van der Waals surface area contributed by atoms with Gasteiger partial charge in [0.2, 0.25) is 5.95 Å². The van der Waals surface area contributed by atoms with Crippen molar-refractivity contribution in [2.45, 2.75) is 0 Å². The number of rotatable bonds is 6. The summed E-state index contributed by atoms with van der Waals surface area (Å²) in [4.78, 5) is 9.03. The Morgan fingerprint density at radius 3 is 3.05 bits per heavy atom. The summed E-state index contributed by atoms with van der Waals surface area (Å²) in [7, 11) is 1.65. The molecular weight excluding hydrogens is 296 g/mol. The van der Waals surface area contributed by atoms with Gasteiger partial charge in [0.25, 0.3) is 0 Å². The van der Waals surface area contributed by atoms with Crippen LogP contribution < -0.4 is 15.4 Å². The highest BCUT2D eigenvalue weighted by Crippen LogP contribution is 2.30. The second-order valence-electron chi connectivity index (χ2n) is 4.56. The van der Waals surface area contributed by atoms with Crippen LogP contribution in [0.15, 0.2) is 48.4 Å².